The summed E-state index contributed by atoms with van der Waals surface area (Å²) in [5, 5.41) is 17.9. The topological polar surface area (TPSA) is 113 Å². The maximum absolute atomic E-state index is 13.5. The van der Waals surface area contributed by atoms with E-state index in [1.54, 1.807) is 58.5 Å². The summed E-state index contributed by atoms with van der Waals surface area (Å²) in [6.07, 6.45) is 1.55. The predicted molar refractivity (Wildman–Crippen MR) is 142 cm³/mol. The van der Waals surface area contributed by atoms with E-state index in [4.69, 9.17) is 14.5 Å². The highest BCUT2D eigenvalue weighted by Gasteiger charge is 2.18. The van der Waals surface area contributed by atoms with Crippen LogP contribution in [0.5, 0.6) is 0 Å². The number of hydrogen-bond acceptors (Lipinski definition) is 7. The van der Waals surface area contributed by atoms with E-state index >= 15 is 0 Å². The van der Waals surface area contributed by atoms with Crippen LogP contribution in [-0.4, -0.2) is 24.7 Å². The van der Waals surface area contributed by atoms with Gasteiger partial charge >= 0.3 is 0 Å². The summed E-state index contributed by atoms with van der Waals surface area (Å²) in [5.74, 6) is 0.567. The van der Waals surface area contributed by atoms with Gasteiger partial charge in [0.1, 0.15) is 11.5 Å². The molecule has 3 aromatic heterocycles. The van der Waals surface area contributed by atoms with Crippen LogP contribution in [0.1, 0.15) is 18.4 Å². The molecule has 0 unspecified atom stereocenters. The van der Waals surface area contributed by atoms with Gasteiger partial charge in [-0.3, -0.25) is 19.6 Å². The van der Waals surface area contributed by atoms with Crippen LogP contribution in [0.3, 0.4) is 0 Å². The minimum Gasteiger partial charge on any atom is -0.463 e. The second kappa shape index (κ2) is 9.70. The highest BCUT2D eigenvalue weighted by atomic mass is 32.1. The Morgan fingerprint density at radius 2 is 1.86 bits per heavy atom. The largest absolute Gasteiger partial charge is 0.463 e. The Hall–Kier alpha value is -4.77. The Bertz CT molecular complexity index is 1750. The highest BCUT2D eigenvalue weighted by Crippen LogP contribution is 2.25. The van der Waals surface area contributed by atoms with E-state index in [1.807, 2.05) is 42.6 Å². The van der Waals surface area contributed by atoms with Gasteiger partial charge in [-0.2, -0.15) is 5.10 Å². The Balaban J connectivity index is 1.74. The van der Waals surface area contributed by atoms with Crippen molar-refractivity contribution in [1.82, 2.24) is 14.0 Å². The van der Waals surface area contributed by atoms with Crippen molar-refractivity contribution in [3.63, 3.8) is 0 Å². The molecule has 0 spiro atoms. The lowest BCUT2D eigenvalue weighted by atomic mass is 10.1. The zero-order valence-electron chi connectivity index (χ0n) is 20.2. The Morgan fingerprint density at radius 3 is 2.57 bits per heavy atom. The van der Waals surface area contributed by atoms with Gasteiger partial charge in [0.25, 0.3) is 11.2 Å². The number of nitro groups is 1. The molecule has 2 aromatic carbocycles. The van der Waals surface area contributed by atoms with Gasteiger partial charge in [0, 0.05) is 30.1 Å². The SMILES string of the molecule is CC(=Nn1c(-c2cccc([N+](=O)[O-])c2)csc1=Nc1c(C)n(C)n(-c2ccccc2)c1=O)c1ccco1. The van der Waals surface area contributed by atoms with Gasteiger partial charge < -0.3 is 4.42 Å². The number of benzene rings is 2. The molecule has 5 rings (SSSR count). The fraction of sp³-hybridized carbons (Fsp3) is 0.115. The van der Waals surface area contributed by atoms with Crippen molar-refractivity contribution in [3.05, 3.63) is 115 Å². The molecule has 0 fully saturated rings. The van der Waals surface area contributed by atoms with E-state index in [2.05, 4.69) is 0 Å². The molecular formula is C26H22N6O4S. The smallest absolute Gasteiger partial charge is 0.297 e. The normalized spacial score (nSPS) is 12.3. The number of para-hydroxylation sites is 1. The summed E-state index contributed by atoms with van der Waals surface area (Å²) in [6, 6.07) is 19.2. The van der Waals surface area contributed by atoms with Crippen molar-refractivity contribution >= 4 is 28.4 Å². The fourth-order valence-electron chi connectivity index (χ4n) is 3.91. The molecule has 0 aliphatic carbocycles. The number of furan rings is 1. The number of hydrogen-bond donors (Lipinski definition) is 0. The van der Waals surface area contributed by atoms with Gasteiger partial charge in [0.15, 0.2) is 5.69 Å². The van der Waals surface area contributed by atoms with Gasteiger partial charge in [0.2, 0.25) is 4.80 Å². The van der Waals surface area contributed by atoms with E-state index in [9.17, 15) is 14.9 Å². The van der Waals surface area contributed by atoms with Gasteiger partial charge in [0.05, 0.1) is 28.3 Å². The van der Waals surface area contributed by atoms with Gasteiger partial charge in [-0.15, -0.1) is 11.3 Å². The minimum atomic E-state index is -0.442. The van der Waals surface area contributed by atoms with Gasteiger partial charge in [-0.05, 0) is 38.1 Å². The van der Waals surface area contributed by atoms with E-state index in [0.717, 1.165) is 5.69 Å². The summed E-state index contributed by atoms with van der Waals surface area (Å²) in [6.45, 7) is 3.62. The summed E-state index contributed by atoms with van der Waals surface area (Å²) in [7, 11) is 1.80. The van der Waals surface area contributed by atoms with Crippen molar-refractivity contribution < 1.29 is 9.34 Å². The molecule has 0 saturated carbocycles. The van der Waals surface area contributed by atoms with E-state index in [0.29, 0.717) is 33.2 Å². The minimum absolute atomic E-state index is 0.0369. The maximum Gasteiger partial charge on any atom is 0.297 e. The first kappa shape index (κ1) is 23.9. The van der Waals surface area contributed by atoms with Crippen LogP contribution in [0, 0.1) is 17.0 Å². The number of aromatic nitrogens is 3. The summed E-state index contributed by atoms with van der Waals surface area (Å²) >= 11 is 1.28. The van der Waals surface area contributed by atoms with E-state index < -0.39 is 4.92 Å². The first-order chi connectivity index (χ1) is 17.8. The fourth-order valence-corrected chi connectivity index (χ4v) is 4.75. The molecule has 0 bridgehead atoms. The van der Waals surface area contributed by atoms with Crippen LogP contribution in [0.4, 0.5) is 11.4 Å². The molecule has 0 amide bonds. The molecule has 0 atom stereocenters. The van der Waals surface area contributed by atoms with Crippen molar-refractivity contribution in [2.24, 2.45) is 17.1 Å². The van der Waals surface area contributed by atoms with Crippen LogP contribution < -0.4 is 10.4 Å². The third-order valence-electron chi connectivity index (χ3n) is 5.90. The molecule has 11 heteroatoms. The molecule has 0 N–H and O–H groups in total. The zero-order valence-corrected chi connectivity index (χ0v) is 21.0. The monoisotopic (exact) mass is 514 g/mol. The molecule has 0 radical (unpaired) electrons. The molecule has 0 saturated heterocycles. The number of nitro benzene ring substituents is 1. The Kier molecular flexibility index (Phi) is 6.28. The lowest BCUT2D eigenvalue weighted by Gasteiger charge is -2.07. The molecule has 0 aliphatic rings. The number of rotatable bonds is 6. The van der Waals surface area contributed by atoms with Crippen LogP contribution >= 0.6 is 11.3 Å². The number of thiazole rings is 1. The third-order valence-corrected chi connectivity index (χ3v) is 6.71. The summed E-state index contributed by atoms with van der Waals surface area (Å²) in [4.78, 5) is 29.6. The first-order valence-corrected chi connectivity index (χ1v) is 12.2. The third kappa shape index (κ3) is 4.47. The molecule has 10 nitrogen and oxygen atoms in total. The lowest BCUT2D eigenvalue weighted by Crippen LogP contribution is -2.20. The second-order valence-corrected chi connectivity index (χ2v) is 9.04. The van der Waals surface area contributed by atoms with Crippen molar-refractivity contribution in [3.8, 4) is 16.9 Å². The summed E-state index contributed by atoms with van der Waals surface area (Å²) < 4.78 is 10.4. The number of non-ortho nitro benzene ring substituents is 1. The Labute approximate surface area is 214 Å². The average Bonchev–Trinajstić information content (AvgIpc) is 3.62. The van der Waals surface area contributed by atoms with E-state index in [-0.39, 0.29) is 16.9 Å². The molecular weight excluding hydrogens is 492 g/mol. The molecule has 186 valence electrons. The molecule has 0 aliphatic heterocycles. The van der Waals surface area contributed by atoms with Crippen molar-refractivity contribution in [2.45, 2.75) is 13.8 Å². The second-order valence-electron chi connectivity index (χ2n) is 8.21. The van der Waals surface area contributed by atoms with Crippen LogP contribution in [-0.2, 0) is 7.05 Å². The van der Waals surface area contributed by atoms with E-state index in [1.165, 1.54) is 23.5 Å². The Morgan fingerprint density at radius 1 is 1.08 bits per heavy atom. The predicted octanol–water partition coefficient (Wildman–Crippen LogP) is 5.02. The van der Waals surface area contributed by atoms with Gasteiger partial charge in [-0.25, -0.2) is 14.4 Å². The molecule has 3 heterocycles. The van der Waals surface area contributed by atoms with Crippen LogP contribution in [0.2, 0.25) is 0 Å². The van der Waals surface area contributed by atoms with Crippen molar-refractivity contribution in [2.75, 3.05) is 0 Å². The van der Waals surface area contributed by atoms with Crippen LogP contribution in [0.25, 0.3) is 16.9 Å². The lowest BCUT2D eigenvalue weighted by molar-refractivity contribution is -0.384. The number of nitrogens with zero attached hydrogens (tertiary/aromatic N) is 6. The zero-order chi connectivity index (χ0) is 26.1. The maximum atomic E-state index is 13.5. The quantitative estimate of drug-likeness (QED) is 0.180. The highest BCUT2D eigenvalue weighted by molar-refractivity contribution is 7.07. The molecule has 37 heavy (non-hydrogen) atoms. The average molecular weight is 515 g/mol. The van der Waals surface area contributed by atoms with Crippen molar-refractivity contribution in [1.29, 1.82) is 0 Å². The van der Waals surface area contributed by atoms with Crippen LogP contribution in [0.15, 0.2) is 97.7 Å². The molecule has 5 aromatic rings. The van der Waals surface area contributed by atoms with Gasteiger partial charge in [-0.1, -0.05) is 30.3 Å². The summed E-state index contributed by atoms with van der Waals surface area (Å²) in [5.41, 5.74) is 3.13. The first-order valence-electron chi connectivity index (χ1n) is 11.3. The standard InChI is InChI=1S/C26H22N6O4S/c1-17(23-13-8-14-36-23)28-30-22(19-9-7-12-21(15-19)32(34)35)16-37-26(30)27-24-18(2)29(3)31(25(24)33)20-10-5-4-6-11-20/h4-16H,1-3H3.